The van der Waals surface area contributed by atoms with Crippen LogP contribution >= 0.6 is 0 Å². The molecule has 0 rings (SSSR count). The van der Waals surface area contributed by atoms with E-state index < -0.39 is 36.0 Å². The molecule has 0 heterocycles. The molecule has 1 atom stereocenters. The molecule has 0 aromatic heterocycles. The fourth-order valence-corrected chi connectivity index (χ4v) is 2.59. The minimum Gasteiger partial charge on any atom is -0.480 e. The van der Waals surface area contributed by atoms with Crippen LogP contribution in [0.15, 0.2) is 0 Å². The quantitative estimate of drug-likeness (QED) is 0.191. The van der Waals surface area contributed by atoms with Gasteiger partial charge in [-0.15, -0.1) is 0 Å². The van der Waals surface area contributed by atoms with Gasteiger partial charge in [0.2, 0.25) is 5.91 Å². The number of alkyl carbamates (subject to hydrolysis) is 1. The molecule has 0 aromatic rings. The molecule has 0 unspecified atom stereocenters. The summed E-state index contributed by atoms with van der Waals surface area (Å²) >= 11 is 0. The number of rotatable bonds is 22. The predicted molar refractivity (Wildman–Crippen MR) is 129 cm³/mol. The van der Waals surface area contributed by atoms with Gasteiger partial charge >= 0.3 is 12.1 Å². The molecule has 0 saturated carbocycles. The third-order valence-electron chi connectivity index (χ3n) is 4.34. The van der Waals surface area contributed by atoms with Gasteiger partial charge in [0.05, 0.1) is 72.5 Å². The average molecular weight is 525 g/mol. The molecule has 0 saturated heterocycles. The lowest BCUT2D eigenvalue weighted by molar-refractivity contribution is -0.144. The van der Waals surface area contributed by atoms with E-state index in [2.05, 4.69) is 5.32 Å². The molecule has 36 heavy (non-hydrogen) atoms. The molecule has 0 aliphatic carbocycles. The third kappa shape index (κ3) is 20.2. The van der Waals surface area contributed by atoms with Gasteiger partial charge in [-0.05, 0) is 20.8 Å². The molecule has 13 nitrogen and oxygen atoms in total. The van der Waals surface area contributed by atoms with E-state index >= 15 is 0 Å². The number of methoxy groups -OCH3 is 2. The van der Waals surface area contributed by atoms with Crippen LogP contribution in [0.4, 0.5) is 4.79 Å². The summed E-state index contributed by atoms with van der Waals surface area (Å²) in [5.41, 5.74) is -0.807. The van der Waals surface area contributed by atoms with E-state index in [1.807, 2.05) is 0 Å². The van der Waals surface area contributed by atoms with E-state index in [0.717, 1.165) is 0 Å². The molecule has 2 amide bonds. The van der Waals surface area contributed by atoms with E-state index in [0.29, 0.717) is 52.9 Å². The fourth-order valence-electron chi connectivity index (χ4n) is 2.59. The second-order valence-corrected chi connectivity index (χ2v) is 8.56. The summed E-state index contributed by atoms with van der Waals surface area (Å²) in [5.74, 6) is -1.82. The van der Waals surface area contributed by atoms with Crippen LogP contribution < -0.4 is 5.32 Å². The number of amides is 2. The maximum absolute atomic E-state index is 12.9. The van der Waals surface area contributed by atoms with Gasteiger partial charge in [-0.25, -0.2) is 9.59 Å². The highest BCUT2D eigenvalue weighted by Gasteiger charge is 2.28. The summed E-state index contributed by atoms with van der Waals surface area (Å²) in [4.78, 5) is 38.0. The number of carboxylic acids is 1. The Morgan fingerprint density at radius 3 is 1.56 bits per heavy atom. The first-order chi connectivity index (χ1) is 17.1. The Bertz CT molecular complexity index is 579. The van der Waals surface area contributed by atoms with Gasteiger partial charge in [0, 0.05) is 27.3 Å². The molecule has 0 spiro atoms. The predicted octanol–water partition coefficient (Wildman–Crippen LogP) is 0.542. The van der Waals surface area contributed by atoms with Crippen molar-refractivity contribution >= 4 is 18.0 Å². The van der Waals surface area contributed by atoms with Gasteiger partial charge in [-0.1, -0.05) is 0 Å². The first-order valence-corrected chi connectivity index (χ1v) is 11.9. The Hall–Kier alpha value is -2.03. The van der Waals surface area contributed by atoms with Gasteiger partial charge in [0.1, 0.15) is 11.6 Å². The van der Waals surface area contributed by atoms with Crippen LogP contribution in [0.3, 0.4) is 0 Å². The van der Waals surface area contributed by atoms with E-state index in [1.54, 1.807) is 35.0 Å². The number of hydrogen-bond acceptors (Lipinski definition) is 10. The zero-order valence-corrected chi connectivity index (χ0v) is 22.2. The monoisotopic (exact) mass is 524 g/mol. The van der Waals surface area contributed by atoms with Crippen LogP contribution in [0.25, 0.3) is 0 Å². The van der Waals surface area contributed by atoms with E-state index in [4.69, 9.17) is 33.2 Å². The van der Waals surface area contributed by atoms with Crippen LogP contribution in [0, 0.1) is 0 Å². The SMILES string of the molecule is COCCOCCOCCN(CCOCCOCCOC)C(=O)C[C@H](NC(=O)OC(C)(C)C)C(=O)O. The van der Waals surface area contributed by atoms with Crippen molar-refractivity contribution in [3.05, 3.63) is 0 Å². The van der Waals surface area contributed by atoms with E-state index in [9.17, 15) is 19.5 Å². The van der Waals surface area contributed by atoms with Crippen molar-refractivity contribution in [3.63, 3.8) is 0 Å². The van der Waals surface area contributed by atoms with Crippen LogP contribution in [0.5, 0.6) is 0 Å². The summed E-state index contributed by atoms with van der Waals surface area (Å²) in [7, 11) is 3.17. The molecule has 0 fully saturated rings. The smallest absolute Gasteiger partial charge is 0.408 e. The molecule has 0 aromatic carbocycles. The minimum atomic E-state index is -1.44. The lowest BCUT2D eigenvalue weighted by Crippen LogP contribution is -2.47. The summed E-state index contributed by atoms with van der Waals surface area (Å²) < 4.78 is 36.5. The third-order valence-corrected chi connectivity index (χ3v) is 4.34. The van der Waals surface area contributed by atoms with Crippen LogP contribution in [-0.4, -0.2) is 133 Å². The number of hydrogen-bond donors (Lipinski definition) is 2. The Morgan fingerprint density at radius 1 is 0.750 bits per heavy atom. The van der Waals surface area contributed by atoms with Crippen LogP contribution in [0.2, 0.25) is 0 Å². The molecular formula is C23H44N2O11. The number of nitrogens with one attached hydrogen (secondary N) is 1. The maximum Gasteiger partial charge on any atom is 0.408 e. The van der Waals surface area contributed by atoms with Crippen molar-refractivity contribution in [2.75, 3.05) is 93.4 Å². The summed E-state index contributed by atoms with van der Waals surface area (Å²) in [5, 5.41) is 11.7. The molecule has 0 bridgehead atoms. The molecule has 2 N–H and O–H groups in total. The number of carbonyl (C=O) groups excluding carboxylic acids is 2. The number of nitrogens with zero attached hydrogens (tertiary/aromatic N) is 1. The standard InChI is InChI=1S/C23H44N2O11/c1-23(2,3)36-22(29)24-19(21(27)28)18-20(26)25(6-8-32-14-16-34-12-10-30-4)7-9-33-15-17-35-13-11-31-5/h19H,6-18H2,1-5H3,(H,24,29)(H,27,28)/t19-/m0/s1. The average Bonchev–Trinajstić information content (AvgIpc) is 2.79. The second-order valence-electron chi connectivity index (χ2n) is 8.56. The lowest BCUT2D eigenvalue weighted by Gasteiger charge is -2.25. The normalized spacial score (nSPS) is 12.2. The Morgan fingerprint density at radius 2 is 1.17 bits per heavy atom. The largest absolute Gasteiger partial charge is 0.480 e. The molecule has 13 heteroatoms. The highest BCUT2D eigenvalue weighted by molar-refractivity contribution is 5.87. The molecule has 0 radical (unpaired) electrons. The zero-order valence-electron chi connectivity index (χ0n) is 22.2. The van der Waals surface area contributed by atoms with Crippen molar-refractivity contribution in [2.24, 2.45) is 0 Å². The lowest BCUT2D eigenvalue weighted by atomic mass is 10.2. The summed E-state index contributed by atoms with van der Waals surface area (Å²) in [6.45, 7) is 9.13. The van der Waals surface area contributed by atoms with Gasteiger partial charge < -0.3 is 48.5 Å². The number of carboxylic acid groups (broad SMARTS) is 1. The van der Waals surface area contributed by atoms with Crippen molar-refractivity contribution in [2.45, 2.75) is 38.8 Å². The van der Waals surface area contributed by atoms with E-state index in [-0.39, 0.29) is 26.3 Å². The topological polar surface area (TPSA) is 151 Å². The fraction of sp³-hybridized carbons (Fsp3) is 0.870. The maximum atomic E-state index is 12.9. The number of carbonyl (C=O) groups is 3. The van der Waals surface area contributed by atoms with Gasteiger partial charge in [0.15, 0.2) is 0 Å². The summed E-state index contributed by atoms with van der Waals surface area (Å²) in [6, 6.07) is -1.44. The molecule has 0 aliphatic heterocycles. The van der Waals surface area contributed by atoms with Gasteiger partial charge in [0.25, 0.3) is 0 Å². The van der Waals surface area contributed by atoms with Gasteiger partial charge in [-0.2, -0.15) is 0 Å². The van der Waals surface area contributed by atoms with Crippen molar-refractivity contribution < 1.29 is 52.6 Å². The minimum absolute atomic E-state index is 0.212. The van der Waals surface area contributed by atoms with Crippen molar-refractivity contribution in [1.29, 1.82) is 0 Å². The highest BCUT2D eigenvalue weighted by Crippen LogP contribution is 2.08. The van der Waals surface area contributed by atoms with E-state index in [1.165, 1.54) is 4.90 Å². The Kier molecular flexibility index (Phi) is 19.9. The number of ether oxygens (including phenoxy) is 7. The molecule has 212 valence electrons. The molecule has 0 aliphatic rings. The first-order valence-electron chi connectivity index (χ1n) is 11.9. The molecular weight excluding hydrogens is 480 g/mol. The Balaban J connectivity index is 4.73. The first kappa shape index (κ1) is 34.0. The van der Waals surface area contributed by atoms with Crippen molar-refractivity contribution in [3.8, 4) is 0 Å². The van der Waals surface area contributed by atoms with Crippen LogP contribution in [0.1, 0.15) is 27.2 Å². The van der Waals surface area contributed by atoms with Crippen molar-refractivity contribution in [1.82, 2.24) is 10.2 Å². The van der Waals surface area contributed by atoms with Crippen LogP contribution in [-0.2, 0) is 42.7 Å². The zero-order chi connectivity index (χ0) is 27.2. The Labute approximate surface area is 213 Å². The number of aliphatic carboxylic acids is 1. The second kappa shape index (κ2) is 21.1. The summed E-state index contributed by atoms with van der Waals surface area (Å²) in [6.07, 6.45) is -1.36. The van der Waals surface area contributed by atoms with Gasteiger partial charge in [-0.3, -0.25) is 4.79 Å². The highest BCUT2D eigenvalue weighted by atomic mass is 16.6.